The Morgan fingerprint density at radius 3 is 2.14 bits per heavy atom. The van der Waals surface area contributed by atoms with E-state index < -0.39 is 11.4 Å². The van der Waals surface area contributed by atoms with E-state index in [9.17, 15) is 19.5 Å². The summed E-state index contributed by atoms with van der Waals surface area (Å²) in [6.45, 7) is 2.19. The molecule has 21 heavy (non-hydrogen) atoms. The van der Waals surface area contributed by atoms with Gasteiger partial charge >= 0.3 is 5.97 Å². The lowest BCUT2D eigenvalue weighted by Gasteiger charge is -2.30. The average molecular weight is 298 g/mol. The van der Waals surface area contributed by atoms with Crippen LogP contribution in [0.4, 0.5) is 0 Å². The zero-order chi connectivity index (χ0) is 15.9. The molecule has 1 fully saturated rings. The summed E-state index contributed by atoms with van der Waals surface area (Å²) in [7, 11) is 1.52. The molecule has 0 aromatic carbocycles. The largest absolute Gasteiger partial charge is 0.481 e. The van der Waals surface area contributed by atoms with Gasteiger partial charge in [-0.25, -0.2) is 0 Å². The van der Waals surface area contributed by atoms with Gasteiger partial charge in [0.1, 0.15) is 0 Å². The fraction of sp³-hybridized carbons (Fsp3) is 0.800. The first-order valence-electron chi connectivity index (χ1n) is 7.67. The van der Waals surface area contributed by atoms with Crippen molar-refractivity contribution in [1.82, 2.24) is 10.2 Å². The number of rotatable bonds is 6. The van der Waals surface area contributed by atoms with Crippen LogP contribution in [0.5, 0.6) is 0 Å². The first-order chi connectivity index (χ1) is 9.95. The summed E-state index contributed by atoms with van der Waals surface area (Å²) in [5, 5.41) is 12.1. The Morgan fingerprint density at radius 2 is 1.71 bits per heavy atom. The molecule has 1 saturated carbocycles. The van der Waals surface area contributed by atoms with E-state index in [2.05, 4.69) is 5.32 Å². The molecule has 0 heterocycles. The number of aliphatic carboxylic acids is 1. The smallest absolute Gasteiger partial charge is 0.310 e. The number of carboxylic acid groups (broad SMARTS) is 1. The number of carbonyl (C=O) groups is 3. The van der Waals surface area contributed by atoms with Crippen LogP contribution in [0, 0.1) is 5.41 Å². The van der Waals surface area contributed by atoms with E-state index in [1.165, 1.54) is 11.9 Å². The van der Waals surface area contributed by atoms with Crippen LogP contribution in [-0.4, -0.2) is 47.9 Å². The highest BCUT2D eigenvalue weighted by Gasteiger charge is 2.41. The maximum atomic E-state index is 12.4. The summed E-state index contributed by atoms with van der Waals surface area (Å²) in [5.41, 5.74) is -0.955. The van der Waals surface area contributed by atoms with Crippen LogP contribution in [-0.2, 0) is 14.4 Å². The van der Waals surface area contributed by atoms with Gasteiger partial charge in [0.2, 0.25) is 11.8 Å². The fourth-order valence-electron chi connectivity index (χ4n) is 2.90. The second-order valence-corrected chi connectivity index (χ2v) is 5.76. The molecular weight excluding hydrogens is 272 g/mol. The van der Waals surface area contributed by atoms with Crippen LogP contribution in [0.2, 0.25) is 0 Å². The summed E-state index contributed by atoms with van der Waals surface area (Å²) >= 11 is 0. The molecule has 1 rings (SSSR count). The molecule has 0 unspecified atom stereocenters. The second-order valence-electron chi connectivity index (χ2n) is 5.76. The van der Waals surface area contributed by atoms with E-state index in [1.54, 1.807) is 6.92 Å². The molecule has 0 aromatic rings. The van der Waals surface area contributed by atoms with E-state index in [0.29, 0.717) is 19.4 Å². The van der Waals surface area contributed by atoms with Crippen molar-refractivity contribution in [2.24, 2.45) is 5.41 Å². The minimum Gasteiger partial charge on any atom is -0.481 e. The van der Waals surface area contributed by atoms with Crippen molar-refractivity contribution in [2.75, 3.05) is 20.1 Å². The lowest BCUT2D eigenvalue weighted by molar-refractivity contribution is -0.155. The number of hydrogen-bond donors (Lipinski definition) is 2. The number of nitrogens with one attached hydrogen (secondary N) is 1. The molecule has 2 amide bonds. The van der Waals surface area contributed by atoms with Crippen LogP contribution < -0.4 is 5.32 Å². The molecule has 1 aliphatic rings. The number of carboxylic acids is 1. The molecule has 0 radical (unpaired) electrons. The van der Waals surface area contributed by atoms with E-state index in [4.69, 9.17) is 0 Å². The van der Waals surface area contributed by atoms with Crippen LogP contribution in [0.25, 0.3) is 0 Å². The van der Waals surface area contributed by atoms with Gasteiger partial charge in [-0.3, -0.25) is 14.4 Å². The van der Waals surface area contributed by atoms with E-state index >= 15 is 0 Å². The Bertz CT molecular complexity index is 387. The van der Waals surface area contributed by atoms with Crippen molar-refractivity contribution in [1.29, 1.82) is 0 Å². The van der Waals surface area contributed by atoms with Gasteiger partial charge < -0.3 is 15.3 Å². The second kappa shape index (κ2) is 8.00. The van der Waals surface area contributed by atoms with Gasteiger partial charge in [0.15, 0.2) is 0 Å². The van der Waals surface area contributed by atoms with Gasteiger partial charge in [0, 0.05) is 20.0 Å². The van der Waals surface area contributed by atoms with Crippen molar-refractivity contribution >= 4 is 17.8 Å². The molecule has 2 N–H and O–H groups in total. The predicted molar refractivity (Wildman–Crippen MR) is 78.7 cm³/mol. The minimum atomic E-state index is -0.955. The Labute approximate surface area is 125 Å². The molecule has 6 nitrogen and oxygen atoms in total. The Morgan fingerprint density at radius 1 is 1.14 bits per heavy atom. The lowest BCUT2D eigenvalue weighted by Crippen LogP contribution is -2.43. The van der Waals surface area contributed by atoms with Gasteiger partial charge in [-0.2, -0.15) is 0 Å². The molecule has 0 bridgehead atoms. The average Bonchev–Trinajstić information content (AvgIpc) is 2.70. The maximum absolute atomic E-state index is 12.4. The first-order valence-corrected chi connectivity index (χ1v) is 7.67. The van der Waals surface area contributed by atoms with E-state index in [1.807, 2.05) is 0 Å². The maximum Gasteiger partial charge on any atom is 0.310 e. The third kappa shape index (κ3) is 4.72. The predicted octanol–water partition coefficient (Wildman–Crippen LogP) is 1.40. The summed E-state index contributed by atoms with van der Waals surface area (Å²) in [4.78, 5) is 37.0. The molecule has 0 spiro atoms. The summed E-state index contributed by atoms with van der Waals surface area (Å²) < 4.78 is 0. The van der Waals surface area contributed by atoms with E-state index in [-0.39, 0.29) is 24.8 Å². The normalized spacial score (nSPS) is 17.6. The molecule has 0 aliphatic heterocycles. The highest BCUT2D eigenvalue weighted by atomic mass is 16.4. The SMILES string of the molecule is CCN(CC(=O)NC)C(=O)CC1(C(=O)O)CCCCCC1. The Hall–Kier alpha value is -1.59. The molecule has 120 valence electrons. The third-order valence-corrected chi connectivity index (χ3v) is 4.35. The fourth-order valence-corrected chi connectivity index (χ4v) is 2.90. The molecule has 0 aromatic heterocycles. The summed E-state index contributed by atoms with van der Waals surface area (Å²) in [6.07, 6.45) is 4.84. The molecule has 6 heteroatoms. The van der Waals surface area contributed by atoms with Crippen LogP contribution >= 0.6 is 0 Å². The lowest BCUT2D eigenvalue weighted by atomic mass is 9.77. The number of likely N-dealkylation sites (N-methyl/N-ethyl adjacent to an activating group) is 2. The zero-order valence-corrected chi connectivity index (χ0v) is 13.0. The minimum absolute atomic E-state index is 0.00678. The zero-order valence-electron chi connectivity index (χ0n) is 13.0. The van der Waals surface area contributed by atoms with Gasteiger partial charge in [0.05, 0.1) is 12.0 Å². The van der Waals surface area contributed by atoms with Gasteiger partial charge in [-0.15, -0.1) is 0 Å². The monoisotopic (exact) mass is 298 g/mol. The van der Waals surface area contributed by atoms with Gasteiger partial charge in [-0.05, 0) is 19.8 Å². The number of carbonyl (C=O) groups excluding carboxylic acids is 2. The van der Waals surface area contributed by atoms with Crippen LogP contribution in [0.1, 0.15) is 51.9 Å². The Kier molecular flexibility index (Phi) is 6.65. The number of nitrogens with zero attached hydrogens (tertiary/aromatic N) is 1. The first kappa shape index (κ1) is 17.5. The summed E-state index contributed by atoms with van der Waals surface area (Å²) in [5.74, 6) is -1.37. The van der Waals surface area contributed by atoms with Crippen molar-refractivity contribution in [2.45, 2.75) is 51.9 Å². The topological polar surface area (TPSA) is 86.7 Å². The van der Waals surface area contributed by atoms with E-state index in [0.717, 1.165) is 25.7 Å². The van der Waals surface area contributed by atoms with Crippen LogP contribution in [0.3, 0.4) is 0 Å². The molecule has 0 saturated heterocycles. The highest BCUT2D eigenvalue weighted by Crippen LogP contribution is 2.38. The van der Waals surface area contributed by atoms with Crippen molar-refractivity contribution in [3.8, 4) is 0 Å². The number of hydrogen-bond acceptors (Lipinski definition) is 3. The Balaban J connectivity index is 2.79. The van der Waals surface area contributed by atoms with Gasteiger partial charge in [-0.1, -0.05) is 25.7 Å². The molecule has 0 atom stereocenters. The van der Waals surface area contributed by atoms with Crippen LogP contribution in [0.15, 0.2) is 0 Å². The molecule has 1 aliphatic carbocycles. The summed E-state index contributed by atoms with van der Waals surface area (Å²) in [6, 6.07) is 0. The van der Waals surface area contributed by atoms with Crippen molar-refractivity contribution in [3.05, 3.63) is 0 Å². The molecular formula is C15H26N2O4. The van der Waals surface area contributed by atoms with Gasteiger partial charge in [0.25, 0.3) is 0 Å². The quantitative estimate of drug-likeness (QED) is 0.726. The number of amides is 2. The standard InChI is InChI=1S/C15H26N2O4/c1-3-17(11-12(18)16-2)13(19)10-15(14(20)21)8-6-4-5-7-9-15/h3-11H2,1-2H3,(H,16,18)(H,20,21). The highest BCUT2D eigenvalue weighted by molar-refractivity contribution is 5.88. The third-order valence-electron chi connectivity index (χ3n) is 4.35. The van der Waals surface area contributed by atoms with Crippen molar-refractivity contribution in [3.63, 3.8) is 0 Å². The van der Waals surface area contributed by atoms with Crippen molar-refractivity contribution < 1.29 is 19.5 Å².